The second kappa shape index (κ2) is 8.42. The molecular formula is C16H17N5O5. The number of rotatable bonds is 7. The first-order valence-corrected chi connectivity index (χ1v) is 7.63. The van der Waals surface area contributed by atoms with E-state index in [0.717, 1.165) is 0 Å². The van der Waals surface area contributed by atoms with Gasteiger partial charge in [0.2, 0.25) is 5.82 Å². The lowest BCUT2D eigenvalue weighted by Gasteiger charge is -2.11. The van der Waals surface area contributed by atoms with E-state index in [1.54, 1.807) is 37.3 Å². The molecule has 0 radical (unpaired) electrons. The van der Waals surface area contributed by atoms with Gasteiger partial charge in [0.15, 0.2) is 5.78 Å². The molecule has 4 N–H and O–H groups in total. The molecule has 1 amide bonds. The molecule has 2 aromatic rings. The first kappa shape index (κ1) is 18.6. The van der Waals surface area contributed by atoms with Crippen LogP contribution in [0.4, 0.5) is 27.8 Å². The predicted octanol–water partition coefficient (Wildman–Crippen LogP) is 2.44. The van der Waals surface area contributed by atoms with E-state index in [2.05, 4.69) is 15.6 Å². The Hall–Kier alpha value is -3.69. The maximum Gasteiger partial charge on any atom is 0.412 e. The lowest BCUT2D eigenvalue weighted by molar-refractivity contribution is -0.383. The molecule has 1 heterocycles. The van der Waals surface area contributed by atoms with Crippen LogP contribution in [0.3, 0.4) is 0 Å². The lowest BCUT2D eigenvalue weighted by Crippen LogP contribution is -2.18. The maximum atomic E-state index is 12.2. The largest absolute Gasteiger partial charge is 0.450 e. The van der Waals surface area contributed by atoms with Crippen LogP contribution in [0.15, 0.2) is 36.4 Å². The van der Waals surface area contributed by atoms with Crippen molar-refractivity contribution in [2.45, 2.75) is 6.92 Å². The summed E-state index contributed by atoms with van der Waals surface area (Å²) in [6.45, 7) is 1.57. The molecule has 0 bridgehead atoms. The number of nitrogen functional groups attached to an aromatic ring is 1. The van der Waals surface area contributed by atoms with Gasteiger partial charge in [0, 0.05) is 11.6 Å². The number of pyridine rings is 1. The van der Waals surface area contributed by atoms with Crippen LogP contribution < -0.4 is 16.4 Å². The molecule has 0 saturated carbocycles. The van der Waals surface area contributed by atoms with E-state index in [4.69, 9.17) is 10.5 Å². The molecule has 0 fully saturated rings. The Morgan fingerprint density at radius 3 is 2.62 bits per heavy atom. The normalized spacial score (nSPS) is 10.0. The van der Waals surface area contributed by atoms with Crippen molar-refractivity contribution in [1.29, 1.82) is 0 Å². The predicted molar refractivity (Wildman–Crippen MR) is 95.2 cm³/mol. The number of hydrogen-bond donors (Lipinski definition) is 3. The van der Waals surface area contributed by atoms with Crippen LogP contribution in [-0.4, -0.2) is 34.9 Å². The van der Waals surface area contributed by atoms with Crippen molar-refractivity contribution in [1.82, 2.24) is 4.98 Å². The first-order chi connectivity index (χ1) is 12.4. The first-order valence-electron chi connectivity index (χ1n) is 7.63. The topological polar surface area (TPSA) is 149 Å². The number of anilines is 3. The molecular weight excluding hydrogens is 342 g/mol. The minimum Gasteiger partial charge on any atom is -0.450 e. The fourth-order valence-corrected chi connectivity index (χ4v) is 2.12. The number of nitrogens with two attached hydrogens (primary N) is 1. The number of nitrogens with one attached hydrogen (secondary N) is 2. The summed E-state index contributed by atoms with van der Waals surface area (Å²) >= 11 is 0. The van der Waals surface area contributed by atoms with Gasteiger partial charge in [0.1, 0.15) is 11.5 Å². The van der Waals surface area contributed by atoms with Crippen LogP contribution in [0.2, 0.25) is 0 Å². The van der Waals surface area contributed by atoms with Crippen molar-refractivity contribution < 1.29 is 19.2 Å². The van der Waals surface area contributed by atoms with Gasteiger partial charge in [0.05, 0.1) is 18.1 Å². The van der Waals surface area contributed by atoms with Gasteiger partial charge in [-0.05, 0) is 6.92 Å². The summed E-state index contributed by atoms with van der Waals surface area (Å²) in [6, 6.07) is 9.67. The van der Waals surface area contributed by atoms with Gasteiger partial charge in [0.25, 0.3) is 0 Å². The van der Waals surface area contributed by atoms with Crippen LogP contribution in [0.5, 0.6) is 0 Å². The van der Waals surface area contributed by atoms with Gasteiger partial charge in [-0.1, -0.05) is 30.3 Å². The smallest absolute Gasteiger partial charge is 0.412 e. The quantitative estimate of drug-likeness (QED) is 0.387. The minimum absolute atomic E-state index is 0.0405. The van der Waals surface area contributed by atoms with Crippen LogP contribution in [0, 0.1) is 10.1 Å². The maximum absolute atomic E-state index is 12.2. The SMILES string of the molecule is CCOC(=O)Nc1cc(NCC(=O)c2ccccc2)c([N+](=O)[O-])c(N)n1. The van der Waals surface area contributed by atoms with Crippen molar-refractivity contribution in [3.8, 4) is 0 Å². The third kappa shape index (κ3) is 4.66. The van der Waals surface area contributed by atoms with Gasteiger partial charge in [-0.25, -0.2) is 9.78 Å². The van der Waals surface area contributed by atoms with E-state index in [9.17, 15) is 19.7 Å². The highest BCUT2D eigenvalue weighted by molar-refractivity contribution is 5.99. The Bertz CT molecular complexity index is 825. The van der Waals surface area contributed by atoms with Crippen molar-refractivity contribution in [2.75, 3.05) is 29.5 Å². The molecule has 0 aliphatic heterocycles. The van der Waals surface area contributed by atoms with Gasteiger partial charge < -0.3 is 15.8 Å². The van der Waals surface area contributed by atoms with Gasteiger partial charge >= 0.3 is 11.8 Å². The third-order valence-electron chi connectivity index (χ3n) is 3.24. The second-order valence-electron chi connectivity index (χ2n) is 5.03. The van der Waals surface area contributed by atoms with E-state index in [-0.39, 0.29) is 30.4 Å². The molecule has 0 unspecified atom stereocenters. The molecule has 0 atom stereocenters. The molecule has 136 valence electrons. The molecule has 0 saturated heterocycles. The van der Waals surface area contributed by atoms with Gasteiger partial charge in [-0.15, -0.1) is 0 Å². The van der Waals surface area contributed by atoms with Gasteiger partial charge in [-0.2, -0.15) is 0 Å². The number of nitro groups is 1. The van der Waals surface area contributed by atoms with Crippen molar-refractivity contribution in [2.24, 2.45) is 0 Å². The van der Waals surface area contributed by atoms with Crippen LogP contribution in [0.1, 0.15) is 17.3 Å². The number of carbonyl (C=O) groups is 2. The molecule has 2 rings (SSSR count). The average molecular weight is 359 g/mol. The molecule has 1 aromatic heterocycles. The minimum atomic E-state index is -0.778. The highest BCUT2D eigenvalue weighted by atomic mass is 16.6. The highest BCUT2D eigenvalue weighted by Crippen LogP contribution is 2.32. The number of aromatic nitrogens is 1. The van der Waals surface area contributed by atoms with Crippen molar-refractivity contribution in [3.05, 3.63) is 52.1 Å². The number of nitrogens with zero attached hydrogens (tertiary/aromatic N) is 2. The number of carbonyl (C=O) groups excluding carboxylic acids is 2. The number of Topliss-reactive ketones (excluding diaryl/α,β-unsaturated/α-hetero) is 1. The van der Waals surface area contributed by atoms with Crippen LogP contribution >= 0.6 is 0 Å². The summed E-state index contributed by atoms with van der Waals surface area (Å²) in [5.41, 5.74) is 5.54. The van der Waals surface area contributed by atoms with Crippen molar-refractivity contribution in [3.63, 3.8) is 0 Å². The molecule has 10 nitrogen and oxygen atoms in total. The number of amides is 1. The van der Waals surface area contributed by atoms with E-state index in [1.807, 2.05) is 0 Å². The lowest BCUT2D eigenvalue weighted by atomic mass is 10.1. The summed E-state index contributed by atoms with van der Waals surface area (Å²) in [7, 11) is 0. The fraction of sp³-hybridized carbons (Fsp3) is 0.188. The summed E-state index contributed by atoms with van der Waals surface area (Å²) in [4.78, 5) is 37.9. The molecule has 0 aliphatic carbocycles. The number of hydrogen-bond acceptors (Lipinski definition) is 8. The summed E-state index contributed by atoms with van der Waals surface area (Å²) in [5, 5.41) is 16.2. The summed E-state index contributed by atoms with van der Waals surface area (Å²) in [6.07, 6.45) is -0.778. The summed E-state index contributed by atoms with van der Waals surface area (Å²) < 4.78 is 4.72. The Morgan fingerprint density at radius 1 is 1.31 bits per heavy atom. The average Bonchev–Trinajstić information content (AvgIpc) is 2.59. The van der Waals surface area contributed by atoms with E-state index < -0.39 is 22.5 Å². The zero-order chi connectivity index (χ0) is 19.1. The highest BCUT2D eigenvalue weighted by Gasteiger charge is 2.22. The Balaban J connectivity index is 2.23. The number of ether oxygens (including phenoxy) is 1. The van der Waals surface area contributed by atoms with Gasteiger partial charge in [-0.3, -0.25) is 20.2 Å². The third-order valence-corrected chi connectivity index (χ3v) is 3.24. The Kier molecular flexibility index (Phi) is 6.04. The van der Waals surface area contributed by atoms with Crippen LogP contribution in [-0.2, 0) is 4.74 Å². The van der Waals surface area contributed by atoms with E-state index >= 15 is 0 Å². The van der Waals surface area contributed by atoms with E-state index in [1.165, 1.54) is 6.07 Å². The molecule has 0 aliphatic rings. The Labute approximate surface area is 148 Å². The summed E-state index contributed by atoms with van der Waals surface area (Å²) in [5.74, 6) is -0.713. The molecule has 10 heteroatoms. The van der Waals surface area contributed by atoms with Crippen LogP contribution in [0.25, 0.3) is 0 Å². The second-order valence-corrected chi connectivity index (χ2v) is 5.03. The standard InChI is InChI=1S/C16H17N5O5/c1-2-26-16(23)20-13-8-11(14(21(24)25)15(17)19-13)18-9-12(22)10-6-4-3-5-7-10/h3-8H,2,9H2,1H3,(H4,17,18,19,20,23). The van der Waals surface area contributed by atoms with Crippen molar-refractivity contribution >= 4 is 34.9 Å². The molecule has 0 spiro atoms. The van der Waals surface area contributed by atoms with E-state index in [0.29, 0.717) is 5.56 Å². The Morgan fingerprint density at radius 2 is 2.00 bits per heavy atom. The zero-order valence-electron chi connectivity index (χ0n) is 13.9. The molecule has 1 aromatic carbocycles. The number of benzene rings is 1. The number of ketones is 1. The molecule has 26 heavy (non-hydrogen) atoms. The monoisotopic (exact) mass is 359 g/mol. The fourth-order valence-electron chi connectivity index (χ4n) is 2.12. The zero-order valence-corrected chi connectivity index (χ0v) is 13.9.